The lowest BCUT2D eigenvalue weighted by atomic mass is 10.1. The molecule has 0 radical (unpaired) electrons. The molecule has 17 heavy (non-hydrogen) atoms. The summed E-state index contributed by atoms with van der Waals surface area (Å²) in [5.41, 5.74) is 8.15. The van der Waals surface area contributed by atoms with Crippen molar-refractivity contribution in [3.63, 3.8) is 0 Å². The Morgan fingerprint density at radius 2 is 2.18 bits per heavy atom. The van der Waals surface area contributed by atoms with Crippen LogP contribution in [0.5, 0.6) is 0 Å². The predicted octanol–water partition coefficient (Wildman–Crippen LogP) is 2.42. The largest absolute Gasteiger partial charge is 0.383 e. The van der Waals surface area contributed by atoms with Crippen molar-refractivity contribution < 1.29 is 4.74 Å². The highest BCUT2D eigenvalue weighted by Crippen LogP contribution is 2.25. The molecule has 96 valence electrons. The summed E-state index contributed by atoms with van der Waals surface area (Å²) >= 11 is 3.50. The van der Waals surface area contributed by atoms with Crippen LogP contribution < -0.4 is 10.6 Å². The molecule has 1 unspecified atom stereocenters. The molecule has 0 amide bonds. The number of methoxy groups -OCH3 is 1. The maximum absolute atomic E-state index is 5.66. The average Bonchev–Trinajstić information content (AvgIpc) is 2.29. The Kier molecular flexibility index (Phi) is 5.95. The molecule has 0 bridgehead atoms. The fourth-order valence-electron chi connectivity index (χ4n) is 1.84. The zero-order valence-corrected chi connectivity index (χ0v) is 12.3. The predicted molar refractivity (Wildman–Crippen MR) is 76.6 cm³/mol. The van der Waals surface area contributed by atoms with Gasteiger partial charge in [-0.3, -0.25) is 0 Å². The summed E-state index contributed by atoms with van der Waals surface area (Å²) in [6.07, 6.45) is 0.888. The highest BCUT2D eigenvalue weighted by atomic mass is 79.9. The van der Waals surface area contributed by atoms with Crippen LogP contribution >= 0.6 is 15.9 Å². The van der Waals surface area contributed by atoms with Gasteiger partial charge < -0.3 is 15.4 Å². The number of nitrogens with zero attached hydrogens (tertiary/aromatic N) is 1. The van der Waals surface area contributed by atoms with Crippen molar-refractivity contribution in [2.45, 2.75) is 19.4 Å². The van der Waals surface area contributed by atoms with E-state index in [9.17, 15) is 0 Å². The summed E-state index contributed by atoms with van der Waals surface area (Å²) in [6.45, 7) is 3.53. The van der Waals surface area contributed by atoms with Crippen molar-refractivity contribution >= 4 is 21.6 Å². The zero-order chi connectivity index (χ0) is 12.8. The van der Waals surface area contributed by atoms with Gasteiger partial charge in [0.2, 0.25) is 0 Å². The topological polar surface area (TPSA) is 38.5 Å². The summed E-state index contributed by atoms with van der Waals surface area (Å²) in [5.74, 6) is 0. The maximum atomic E-state index is 5.66. The van der Waals surface area contributed by atoms with E-state index in [1.165, 1.54) is 11.3 Å². The number of rotatable bonds is 6. The van der Waals surface area contributed by atoms with Crippen LogP contribution in [0.2, 0.25) is 0 Å². The van der Waals surface area contributed by atoms with E-state index in [2.05, 4.69) is 53.0 Å². The van der Waals surface area contributed by atoms with Crippen molar-refractivity contribution in [2.75, 3.05) is 32.2 Å². The first-order valence-corrected chi connectivity index (χ1v) is 6.59. The average molecular weight is 301 g/mol. The third-order valence-corrected chi connectivity index (χ3v) is 3.40. The van der Waals surface area contributed by atoms with Crippen LogP contribution in [0.15, 0.2) is 22.7 Å². The van der Waals surface area contributed by atoms with Crippen molar-refractivity contribution in [3.05, 3.63) is 28.2 Å². The summed E-state index contributed by atoms with van der Waals surface area (Å²) in [7, 11) is 3.82. The molecule has 0 aliphatic rings. The molecule has 1 rings (SSSR count). The normalized spacial score (nSPS) is 12.5. The van der Waals surface area contributed by atoms with Crippen LogP contribution in [0.3, 0.4) is 0 Å². The smallest absolute Gasteiger partial charge is 0.0663 e. The highest BCUT2D eigenvalue weighted by molar-refractivity contribution is 9.10. The second-order valence-corrected chi connectivity index (χ2v) is 5.14. The van der Waals surface area contributed by atoms with Gasteiger partial charge in [0, 0.05) is 30.4 Å². The minimum Gasteiger partial charge on any atom is -0.383 e. The minimum absolute atomic E-state index is 0.345. The third-order valence-electron chi connectivity index (χ3n) is 2.90. The molecule has 0 saturated heterocycles. The van der Waals surface area contributed by atoms with Gasteiger partial charge in [0.15, 0.2) is 0 Å². The molecule has 4 heteroatoms. The van der Waals surface area contributed by atoms with Gasteiger partial charge in [-0.2, -0.15) is 0 Å². The van der Waals surface area contributed by atoms with Crippen LogP contribution in [-0.4, -0.2) is 33.4 Å². The quantitative estimate of drug-likeness (QED) is 0.877. The first kappa shape index (κ1) is 14.5. The number of likely N-dealkylation sites (N-methyl/N-ethyl adjacent to an activating group) is 1. The second-order valence-electron chi connectivity index (χ2n) is 4.23. The zero-order valence-electron chi connectivity index (χ0n) is 10.7. The Morgan fingerprint density at radius 1 is 1.47 bits per heavy atom. The molecule has 0 spiro atoms. The Hall–Kier alpha value is -0.580. The van der Waals surface area contributed by atoms with E-state index in [0.29, 0.717) is 19.2 Å². The van der Waals surface area contributed by atoms with Gasteiger partial charge in [-0.05, 0) is 43.7 Å². The van der Waals surface area contributed by atoms with Crippen LogP contribution in [0.1, 0.15) is 12.5 Å². The molecule has 1 atom stereocenters. The van der Waals surface area contributed by atoms with E-state index in [0.717, 1.165) is 10.9 Å². The molecule has 0 aliphatic carbocycles. The molecule has 0 aliphatic heterocycles. The van der Waals surface area contributed by atoms with Gasteiger partial charge in [-0.1, -0.05) is 15.9 Å². The Bertz CT molecular complexity index is 357. The number of halogens is 1. The standard InChI is InChI=1S/C13H21BrN2O/c1-10(9-17-3)16(2)13-5-4-12(14)8-11(13)6-7-15/h4-5,8,10H,6-7,9,15H2,1-3H3. The minimum atomic E-state index is 0.345. The lowest BCUT2D eigenvalue weighted by Crippen LogP contribution is -2.33. The molecule has 2 N–H and O–H groups in total. The van der Waals surface area contributed by atoms with E-state index in [-0.39, 0.29) is 0 Å². The number of benzene rings is 1. The molecular formula is C13H21BrN2O. The van der Waals surface area contributed by atoms with Gasteiger partial charge in [0.05, 0.1) is 6.61 Å². The SMILES string of the molecule is COCC(C)N(C)c1ccc(Br)cc1CCN. The molecular weight excluding hydrogens is 280 g/mol. The van der Waals surface area contributed by atoms with Crippen molar-refractivity contribution in [1.29, 1.82) is 0 Å². The monoisotopic (exact) mass is 300 g/mol. The highest BCUT2D eigenvalue weighted by Gasteiger charge is 2.13. The Balaban J connectivity index is 2.94. The summed E-state index contributed by atoms with van der Waals surface area (Å²) in [5, 5.41) is 0. The van der Waals surface area contributed by atoms with Crippen molar-refractivity contribution in [2.24, 2.45) is 5.73 Å². The number of nitrogens with two attached hydrogens (primary N) is 1. The fraction of sp³-hybridized carbons (Fsp3) is 0.538. The van der Waals surface area contributed by atoms with Gasteiger partial charge >= 0.3 is 0 Å². The van der Waals surface area contributed by atoms with E-state index >= 15 is 0 Å². The molecule has 0 saturated carbocycles. The van der Waals surface area contributed by atoms with Crippen LogP contribution in [-0.2, 0) is 11.2 Å². The summed E-state index contributed by atoms with van der Waals surface area (Å²) in [6, 6.07) is 6.67. The summed E-state index contributed by atoms with van der Waals surface area (Å²) in [4.78, 5) is 2.24. The molecule has 3 nitrogen and oxygen atoms in total. The number of ether oxygens (including phenoxy) is 1. The molecule has 1 aromatic rings. The first-order chi connectivity index (χ1) is 8.10. The van der Waals surface area contributed by atoms with Gasteiger partial charge in [-0.15, -0.1) is 0 Å². The molecule has 0 aromatic heterocycles. The Morgan fingerprint density at radius 3 is 2.76 bits per heavy atom. The van der Waals surface area contributed by atoms with E-state index < -0.39 is 0 Å². The first-order valence-electron chi connectivity index (χ1n) is 5.80. The number of hydrogen-bond acceptors (Lipinski definition) is 3. The van der Waals surface area contributed by atoms with E-state index in [1.807, 2.05) is 0 Å². The van der Waals surface area contributed by atoms with Gasteiger partial charge in [-0.25, -0.2) is 0 Å². The Labute approximate surface area is 112 Å². The third kappa shape index (κ3) is 3.98. The van der Waals surface area contributed by atoms with Gasteiger partial charge in [0.25, 0.3) is 0 Å². The number of anilines is 1. The lowest BCUT2D eigenvalue weighted by Gasteiger charge is -2.28. The molecule has 0 heterocycles. The van der Waals surface area contributed by atoms with Crippen LogP contribution in [0, 0.1) is 0 Å². The fourth-order valence-corrected chi connectivity index (χ4v) is 2.25. The van der Waals surface area contributed by atoms with E-state index in [1.54, 1.807) is 7.11 Å². The number of hydrogen-bond donors (Lipinski definition) is 1. The maximum Gasteiger partial charge on any atom is 0.0663 e. The van der Waals surface area contributed by atoms with Crippen molar-refractivity contribution in [1.82, 2.24) is 0 Å². The van der Waals surface area contributed by atoms with E-state index in [4.69, 9.17) is 10.5 Å². The lowest BCUT2D eigenvalue weighted by molar-refractivity contribution is 0.183. The van der Waals surface area contributed by atoms with Crippen LogP contribution in [0.25, 0.3) is 0 Å². The molecule has 0 fully saturated rings. The molecule has 1 aromatic carbocycles. The van der Waals surface area contributed by atoms with Crippen molar-refractivity contribution in [3.8, 4) is 0 Å². The second kappa shape index (κ2) is 6.99. The van der Waals surface area contributed by atoms with Gasteiger partial charge in [0.1, 0.15) is 0 Å². The van der Waals surface area contributed by atoms with Crippen LogP contribution in [0.4, 0.5) is 5.69 Å². The summed E-state index contributed by atoms with van der Waals surface area (Å²) < 4.78 is 6.29.